The Morgan fingerprint density at radius 2 is 1.92 bits per heavy atom. The predicted octanol–water partition coefficient (Wildman–Crippen LogP) is 3.41. The number of fused-ring (bicyclic) bond motifs is 1. The zero-order valence-corrected chi connectivity index (χ0v) is 15.2. The van der Waals surface area contributed by atoms with E-state index >= 15 is 0 Å². The van der Waals surface area contributed by atoms with Gasteiger partial charge in [-0.15, -0.1) is 5.10 Å². The molecule has 1 aromatic heterocycles. The Hall–Kier alpha value is -2.27. The zero-order chi connectivity index (χ0) is 17.4. The van der Waals surface area contributed by atoms with Gasteiger partial charge in [-0.2, -0.15) is 0 Å². The molecular weight excluding hydrogens is 310 g/mol. The van der Waals surface area contributed by atoms with Crippen molar-refractivity contribution in [3.8, 4) is 0 Å². The minimum absolute atomic E-state index is 0.0985. The molecule has 130 valence electrons. The summed E-state index contributed by atoms with van der Waals surface area (Å²) in [5.74, 6) is 0.935. The van der Waals surface area contributed by atoms with Crippen LogP contribution < -0.4 is 0 Å². The average molecular weight is 335 g/mol. The van der Waals surface area contributed by atoms with Gasteiger partial charge in [0, 0.05) is 13.1 Å². The normalized spacial score (nSPS) is 18.9. The Labute approximate surface area is 149 Å². The fourth-order valence-electron chi connectivity index (χ4n) is 3.78. The fourth-order valence-corrected chi connectivity index (χ4v) is 3.78. The topological polar surface area (TPSA) is 46.8 Å². The lowest BCUT2D eigenvalue weighted by Crippen LogP contribution is -2.38. The minimum Gasteiger partial charge on any atom is -0.285 e. The third kappa shape index (κ3) is 3.04. The smallest absolute Gasteiger partial charge is 0.173 e. The molecule has 2 aromatic rings. The quantitative estimate of drug-likeness (QED) is 0.862. The van der Waals surface area contributed by atoms with Crippen molar-refractivity contribution in [2.45, 2.75) is 51.7 Å². The zero-order valence-electron chi connectivity index (χ0n) is 15.2. The van der Waals surface area contributed by atoms with Gasteiger partial charge < -0.3 is 0 Å². The van der Waals surface area contributed by atoms with Crippen LogP contribution in [-0.4, -0.2) is 31.7 Å². The molecule has 0 fully saturated rings. The van der Waals surface area contributed by atoms with Crippen molar-refractivity contribution in [2.75, 3.05) is 6.54 Å². The van der Waals surface area contributed by atoms with Crippen LogP contribution in [0.25, 0.3) is 0 Å². The lowest BCUT2D eigenvalue weighted by molar-refractivity contribution is 0.185. The van der Waals surface area contributed by atoms with Gasteiger partial charge in [0.2, 0.25) is 0 Å². The number of benzene rings is 1. The van der Waals surface area contributed by atoms with Gasteiger partial charge in [-0.1, -0.05) is 42.5 Å². The van der Waals surface area contributed by atoms with Gasteiger partial charge in [0.1, 0.15) is 0 Å². The van der Waals surface area contributed by atoms with Gasteiger partial charge in [-0.05, 0) is 60.7 Å². The van der Waals surface area contributed by atoms with E-state index in [1.807, 2.05) is 4.68 Å². The number of tetrazole rings is 1. The minimum atomic E-state index is -0.145. The molecule has 0 saturated carbocycles. The van der Waals surface area contributed by atoms with Crippen LogP contribution in [0.2, 0.25) is 0 Å². The Bertz CT molecular complexity index is 825. The third-order valence-electron chi connectivity index (χ3n) is 5.01. The van der Waals surface area contributed by atoms with Crippen molar-refractivity contribution < 1.29 is 0 Å². The molecule has 5 nitrogen and oxygen atoms in total. The van der Waals surface area contributed by atoms with Crippen LogP contribution in [-0.2, 0) is 18.5 Å². The van der Waals surface area contributed by atoms with E-state index in [2.05, 4.69) is 83.7 Å². The summed E-state index contributed by atoms with van der Waals surface area (Å²) in [5, 5.41) is 12.7. The second-order valence-corrected chi connectivity index (χ2v) is 7.85. The number of hydrogen-bond donors (Lipinski definition) is 0. The van der Waals surface area contributed by atoms with E-state index in [0.717, 1.165) is 31.8 Å². The SMILES string of the molecule is CC(C)(C)n1nnnc1C(C1=CCC=C1)N1CCc2ccccc2C1. The summed E-state index contributed by atoms with van der Waals surface area (Å²) in [7, 11) is 0. The Morgan fingerprint density at radius 3 is 2.64 bits per heavy atom. The molecule has 2 aliphatic rings. The second kappa shape index (κ2) is 6.23. The highest BCUT2D eigenvalue weighted by Crippen LogP contribution is 2.35. The van der Waals surface area contributed by atoms with Crippen molar-refractivity contribution >= 4 is 0 Å². The number of aromatic nitrogens is 4. The molecule has 1 atom stereocenters. The van der Waals surface area contributed by atoms with E-state index in [9.17, 15) is 0 Å². The number of nitrogens with zero attached hydrogens (tertiary/aromatic N) is 5. The molecule has 25 heavy (non-hydrogen) atoms. The van der Waals surface area contributed by atoms with Gasteiger partial charge in [0.05, 0.1) is 11.6 Å². The van der Waals surface area contributed by atoms with E-state index in [1.54, 1.807) is 0 Å². The van der Waals surface area contributed by atoms with Crippen LogP contribution in [0.1, 0.15) is 50.2 Å². The molecular formula is C20H25N5. The first kappa shape index (κ1) is 16.2. The van der Waals surface area contributed by atoms with E-state index in [4.69, 9.17) is 0 Å². The van der Waals surface area contributed by atoms with Gasteiger partial charge >= 0.3 is 0 Å². The first-order valence-electron chi connectivity index (χ1n) is 9.00. The standard InChI is InChI=1S/C20H25N5/c1-20(2,3)25-19(21-22-23-25)18(16-9-5-6-10-16)24-13-12-15-8-4-7-11-17(15)14-24/h4-5,7-11,18H,6,12-14H2,1-3H3. The molecule has 0 N–H and O–H groups in total. The van der Waals surface area contributed by atoms with Crippen LogP contribution in [0, 0.1) is 0 Å². The van der Waals surface area contributed by atoms with Gasteiger partial charge in [-0.3, -0.25) is 4.90 Å². The number of rotatable bonds is 3. The highest BCUT2D eigenvalue weighted by Gasteiger charge is 2.33. The van der Waals surface area contributed by atoms with E-state index < -0.39 is 0 Å². The van der Waals surface area contributed by atoms with Crippen LogP contribution in [0.3, 0.4) is 0 Å². The summed E-state index contributed by atoms with van der Waals surface area (Å²) in [6, 6.07) is 8.85. The molecule has 0 spiro atoms. The highest BCUT2D eigenvalue weighted by molar-refractivity contribution is 5.36. The Morgan fingerprint density at radius 1 is 1.12 bits per heavy atom. The third-order valence-corrected chi connectivity index (χ3v) is 5.01. The molecule has 0 bridgehead atoms. The van der Waals surface area contributed by atoms with Crippen molar-refractivity contribution in [1.29, 1.82) is 0 Å². The maximum absolute atomic E-state index is 4.44. The summed E-state index contributed by atoms with van der Waals surface area (Å²) >= 11 is 0. The van der Waals surface area contributed by atoms with Crippen LogP contribution >= 0.6 is 0 Å². The van der Waals surface area contributed by atoms with Gasteiger partial charge in [0.25, 0.3) is 0 Å². The lowest BCUT2D eigenvalue weighted by Gasteiger charge is -2.36. The van der Waals surface area contributed by atoms with Crippen molar-refractivity contribution in [3.05, 3.63) is 65.0 Å². The predicted molar refractivity (Wildman–Crippen MR) is 98.0 cm³/mol. The fraction of sp³-hybridized carbons (Fsp3) is 0.450. The van der Waals surface area contributed by atoms with Crippen molar-refractivity contribution in [2.24, 2.45) is 0 Å². The summed E-state index contributed by atoms with van der Waals surface area (Å²) in [6.07, 6.45) is 8.80. The first-order valence-corrected chi connectivity index (χ1v) is 9.00. The van der Waals surface area contributed by atoms with Crippen molar-refractivity contribution in [1.82, 2.24) is 25.1 Å². The molecule has 1 unspecified atom stereocenters. The maximum Gasteiger partial charge on any atom is 0.173 e. The molecule has 5 heteroatoms. The molecule has 4 rings (SSSR count). The summed E-state index contributed by atoms with van der Waals surface area (Å²) in [4.78, 5) is 2.51. The highest BCUT2D eigenvalue weighted by atomic mass is 15.6. The lowest BCUT2D eigenvalue weighted by atomic mass is 9.96. The van der Waals surface area contributed by atoms with Gasteiger partial charge in [0.15, 0.2) is 5.82 Å². The second-order valence-electron chi connectivity index (χ2n) is 7.85. The number of hydrogen-bond acceptors (Lipinski definition) is 4. The molecule has 1 aliphatic carbocycles. The van der Waals surface area contributed by atoms with E-state index in [-0.39, 0.29) is 11.6 Å². The Kier molecular flexibility index (Phi) is 4.04. The monoisotopic (exact) mass is 335 g/mol. The van der Waals surface area contributed by atoms with Crippen molar-refractivity contribution in [3.63, 3.8) is 0 Å². The van der Waals surface area contributed by atoms with E-state index in [1.165, 1.54) is 16.7 Å². The summed E-state index contributed by atoms with van der Waals surface area (Å²) in [6.45, 7) is 8.39. The van der Waals surface area contributed by atoms with Crippen LogP contribution in [0.4, 0.5) is 0 Å². The number of allylic oxidation sites excluding steroid dienone is 2. The van der Waals surface area contributed by atoms with Crippen LogP contribution in [0.15, 0.2) is 48.1 Å². The average Bonchev–Trinajstić information content (AvgIpc) is 3.27. The largest absolute Gasteiger partial charge is 0.285 e. The first-order chi connectivity index (χ1) is 12.0. The Balaban J connectivity index is 1.74. The summed E-state index contributed by atoms with van der Waals surface area (Å²) < 4.78 is 1.98. The van der Waals surface area contributed by atoms with E-state index in [0.29, 0.717) is 0 Å². The van der Waals surface area contributed by atoms with Gasteiger partial charge in [-0.25, -0.2) is 4.68 Å². The summed E-state index contributed by atoms with van der Waals surface area (Å²) in [5.41, 5.74) is 4.04. The molecule has 0 radical (unpaired) electrons. The maximum atomic E-state index is 4.44. The van der Waals surface area contributed by atoms with Crippen LogP contribution in [0.5, 0.6) is 0 Å². The molecule has 0 saturated heterocycles. The molecule has 2 heterocycles. The molecule has 1 aliphatic heterocycles. The molecule has 0 amide bonds. The molecule has 1 aromatic carbocycles.